The highest BCUT2D eigenvalue weighted by Crippen LogP contribution is 2.72. The van der Waals surface area contributed by atoms with Crippen LogP contribution < -0.4 is 0 Å². The lowest BCUT2D eigenvalue weighted by atomic mass is 9.44. The van der Waals surface area contributed by atoms with Crippen molar-refractivity contribution in [1.82, 2.24) is 0 Å². The zero-order valence-electron chi connectivity index (χ0n) is 26.1. The van der Waals surface area contributed by atoms with Crippen molar-refractivity contribution in [3.63, 3.8) is 0 Å². The van der Waals surface area contributed by atoms with Crippen molar-refractivity contribution in [3.8, 4) is 16.9 Å². The number of ether oxygens (including phenoxy) is 2. The number of hydrogen-bond donors (Lipinski definition) is 1. The van der Waals surface area contributed by atoms with Crippen LogP contribution in [-0.2, 0) is 19.1 Å². The third kappa shape index (κ3) is 4.40. The molecule has 5 heteroatoms. The second-order valence-corrected chi connectivity index (χ2v) is 14.0. The van der Waals surface area contributed by atoms with Gasteiger partial charge >= 0.3 is 11.9 Å². The summed E-state index contributed by atoms with van der Waals surface area (Å²) >= 11 is 0. The highest BCUT2D eigenvalue weighted by atomic mass is 16.5. The molecule has 0 radical (unpaired) electrons. The number of hydrogen-bond acceptors (Lipinski definition) is 5. The maximum Gasteiger partial charge on any atom is 0.340 e. The van der Waals surface area contributed by atoms with Gasteiger partial charge in [-0.3, -0.25) is 0 Å². The van der Waals surface area contributed by atoms with Crippen molar-refractivity contribution in [2.75, 3.05) is 0 Å². The Morgan fingerprint density at radius 3 is 2.51 bits per heavy atom. The van der Waals surface area contributed by atoms with Crippen LogP contribution in [0.25, 0.3) is 16.7 Å². The highest BCUT2D eigenvalue weighted by molar-refractivity contribution is 6.07. The van der Waals surface area contributed by atoms with Crippen molar-refractivity contribution in [2.24, 2.45) is 29.1 Å². The summed E-state index contributed by atoms with van der Waals surface area (Å²) in [7, 11) is 0. The number of carbonyl (C=O) groups excluding carboxylic acids is 2. The molecule has 45 heavy (non-hydrogen) atoms. The molecule has 4 atom stereocenters. The molecule has 2 aromatic carbocycles. The first-order chi connectivity index (χ1) is 22.0. The number of unbranched alkanes of at least 4 members (excludes halogenated alkanes) is 1. The van der Waals surface area contributed by atoms with Gasteiger partial charge in [-0.1, -0.05) is 75.4 Å². The van der Waals surface area contributed by atoms with E-state index >= 15 is 0 Å². The Balaban J connectivity index is 1.30. The monoisotopic (exact) mass is 602 g/mol. The van der Waals surface area contributed by atoms with Crippen LogP contribution in [-0.4, -0.2) is 17.0 Å². The number of phenols is 1. The average molecular weight is 603 g/mol. The number of fused-ring (bicyclic) bond motifs is 1. The number of aromatic hydroxyl groups is 1. The molecule has 2 aliphatic heterocycles. The Labute approximate surface area is 265 Å². The quantitative estimate of drug-likeness (QED) is 0.320. The number of rotatable bonds is 7. The molecular formula is C40H42O5. The van der Waals surface area contributed by atoms with Crippen LogP contribution in [0.3, 0.4) is 0 Å². The molecule has 7 aliphatic rings. The summed E-state index contributed by atoms with van der Waals surface area (Å²) in [4.78, 5) is 28.0. The molecular weight excluding hydrogens is 560 g/mol. The molecule has 1 saturated heterocycles. The molecule has 2 aromatic rings. The summed E-state index contributed by atoms with van der Waals surface area (Å²) in [5, 5.41) is 10.8. The van der Waals surface area contributed by atoms with Gasteiger partial charge in [0, 0.05) is 17.1 Å². The van der Waals surface area contributed by atoms with E-state index < -0.39 is 5.41 Å². The zero-order valence-corrected chi connectivity index (χ0v) is 26.1. The lowest BCUT2D eigenvalue weighted by molar-refractivity contribution is -0.135. The molecule has 0 amide bonds. The number of phenolic OH excluding ortho intramolecular Hbond substituents is 1. The standard InChI is InChI=1S/C40H42O5/c1-2-3-16-33-40-22-21-28(29-19-20-30-32(44-38(42)35(30)36(29)40)15-9-12-24-10-7-8-11-24)34(37(40)39(43)45-33)31-23-26(41)17-18-27(31)25-13-5-4-6-14-25/h4-6,13-18,23-24,28-29,36,41H,2-3,7-12,19-22H2,1H3. The van der Waals surface area contributed by atoms with Crippen LogP contribution >= 0.6 is 0 Å². The van der Waals surface area contributed by atoms with E-state index in [1.54, 1.807) is 6.07 Å². The summed E-state index contributed by atoms with van der Waals surface area (Å²) in [5.74, 6) is 2.01. The summed E-state index contributed by atoms with van der Waals surface area (Å²) in [6.07, 6.45) is 16.8. The van der Waals surface area contributed by atoms with Crippen molar-refractivity contribution >= 4 is 17.5 Å². The Hall–Kier alpha value is -3.86. The summed E-state index contributed by atoms with van der Waals surface area (Å²) in [6, 6.07) is 15.7. The average Bonchev–Trinajstić information content (AvgIpc) is 3.77. The Morgan fingerprint density at radius 2 is 1.71 bits per heavy atom. The van der Waals surface area contributed by atoms with Crippen LogP contribution in [0.1, 0.15) is 89.5 Å². The van der Waals surface area contributed by atoms with E-state index in [2.05, 4.69) is 31.2 Å². The normalized spacial score (nSPS) is 30.6. The summed E-state index contributed by atoms with van der Waals surface area (Å²) in [5.41, 5.74) is 5.79. The fourth-order valence-corrected chi connectivity index (χ4v) is 9.91. The number of allylic oxidation sites excluding steroid dienone is 5. The fraction of sp³-hybridized carbons (Fsp3) is 0.450. The third-order valence-electron chi connectivity index (χ3n) is 11.7. The maximum atomic E-state index is 14.1. The van der Waals surface area contributed by atoms with E-state index in [9.17, 15) is 14.7 Å². The molecule has 5 aliphatic carbocycles. The van der Waals surface area contributed by atoms with Gasteiger partial charge in [-0.05, 0) is 109 Å². The molecule has 0 aromatic heterocycles. The predicted octanol–water partition coefficient (Wildman–Crippen LogP) is 9.20. The number of esters is 2. The first-order valence-corrected chi connectivity index (χ1v) is 17.2. The third-order valence-corrected chi connectivity index (χ3v) is 11.7. The Bertz CT molecular complexity index is 1680. The van der Waals surface area contributed by atoms with Crippen LogP contribution in [0.2, 0.25) is 0 Å². The highest BCUT2D eigenvalue weighted by Gasteiger charge is 2.68. The second-order valence-electron chi connectivity index (χ2n) is 14.0. The minimum Gasteiger partial charge on any atom is -0.508 e. The smallest absolute Gasteiger partial charge is 0.340 e. The van der Waals surface area contributed by atoms with Gasteiger partial charge in [0.15, 0.2) is 0 Å². The predicted molar refractivity (Wildman–Crippen MR) is 173 cm³/mol. The number of benzene rings is 2. The van der Waals surface area contributed by atoms with Gasteiger partial charge in [-0.25, -0.2) is 9.59 Å². The fourth-order valence-electron chi connectivity index (χ4n) is 9.91. The SMILES string of the molecule is CCCC=C1OC(=O)C2=C(c3cc(O)ccc3-c3ccccc3)C3CCC12C1C2=C(CCC31)C(=CCCC1CCCC1)OC2=O. The molecule has 9 rings (SSSR count). The van der Waals surface area contributed by atoms with Gasteiger partial charge in [0.05, 0.1) is 11.0 Å². The minimum absolute atomic E-state index is 0.0754. The van der Waals surface area contributed by atoms with Crippen LogP contribution in [0.5, 0.6) is 5.75 Å². The lowest BCUT2D eigenvalue weighted by Gasteiger charge is -2.56. The van der Waals surface area contributed by atoms with E-state index in [1.165, 1.54) is 25.7 Å². The van der Waals surface area contributed by atoms with Crippen molar-refractivity contribution in [1.29, 1.82) is 0 Å². The molecule has 2 bridgehead atoms. The van der Waals surface area contributed by atoms with Gasteiger partial charge < -0.3 is 14.6 Å². The van der Waals surface area contributed by atoms with Gasteiger partial charge in [0.2, 0.25) is 0 Å². The van der Waals surface area contributed by atoms with E-state index in [4.69, 9.17) is 9.47 Å². The summed E-state index contributed by atoms with van der Waals surface area (Å²) in [6.45, 7) is 2.13. The van der Waals surface area contributed by atoms with E-state index in [1.807, 2.05) is 30.3 Å². The topological polar surface area (TPSA) is 72.8 Å². The summed E-state index contributed by atoms with van der Waals surface area (Å²) < 4.78 is 12.3. The molecule has 1 N–H and O–H groups in total. The van der Waals surface area contributed by atoms with E-state index in [0.717, 1.165) is 102 Å². The largest absolute Gasteiger partial charge is 0.508 e. The molecule has 232 valence electrons. The molecule has 3 fully saturated rings. The van der Waals surface area contributed by atoms with Gasteiger partial charge in [-0.15, -0.1) is 0 Å². The van der Waals surface area contributed by atoms with E-state index in [-0.39, 0.29) is 35.4 Å². The second kappa shape index (κ2) is 11.2. The van der Waals surface area contributed by atoms with Crippen molar-refractivity contribution in [3.05, 3.63) is 94.5 Å². The first-order valence-electron chi connectivity index (χ1n) is 17.2. The van der Waals surface area contributed by atoms with Crippen molar-refractivity contribution in [2.45, 2.75) is 84.0 Å². The Morgan fingerprint density at radius 1 is 0.889 bits per heavy atom. The van der Waals surface area contributed by atoms with Gasteiger partial charge in [0.1, 0.15) is 17.3 Å². The molecule has 1 spiro atoms. The van der Waals surface area contributed by atoms with Crippen LogP contribution in [0.15, 0.2) is 88.9 Å². The minimum atomic E-state index is -0.709. The lowest BCUT2D eigenvalue weighted by Crippen LogP contribution is -2.52. The molecule has 2 heterocycles. The number of carbonyl (C=O) groups is 2. The van der Waals surface area contributed by atoms with Crippen LogP contribution in [0.4, 0.5) is 0 Å². The van der Waals surface area contributed by atoms with Crippen molar-refractivity contribution < 1.29 is 24.2 Å². The molecule has 4 unspecified atom stereocenters. The maximum absolute atomic E-state index is 14.1. The molecule has 2 saturated carbocycles. The molecule has 5 nitrogen and oxygen atoms in total. The zero-order chi connectivity index (χ0) is 30.7. The Kier molecular flexibility index (Phi) is 7.11. The van der Waals surface area contributed by atoms with Gasteiger partial charge in [-0.2, -0.15) is 0 Å². The first kappa shape index (κ1) is 28.6. The number of cyclic esters (lactones) is 2. The van der Waals surface area contributed by atoms with Gasteiger partial charge in [0.25, 0.3) is 0 Å². The van der Waals surface area contributed by atoms with E-state index in [0.29, 0.717) is 5.57 Å². The van der Waals surface area contributed by atoms with Crippen LogP contribution in [0, 0.1) is 29.1 Å².